The molecule has 0 aromatic heterocycles. The maximum Gasteiger partial charge on any atom is 2.00 e. The molecule has 2 unspecified atom stereocenters. The Bertz CT molecular complexity index is 343. The van der Waals surface area contributed by atoms with Gasteiger partial charge in [0.2, 0.25) is 0 Å². The van der Waals surface area contributed by atoms with Gasteiger partial charge in [-0.2, -0.15) is 12.8 Å². The summed E-state index contributed by atoms with van der Waals surface area (Å²) in [6.07, 6.45) is 42.5. The van der Waals surface area contributed by atoms with E-state index in [4.69, 9.17) is 0 Å². The van der Waals surface area contributed by atoms with Crippen molar-refractivity contribution in [3.05, 3.63) is 13.8 Å². The Kier molecular flexibility index (Phi) is 46.1. The van der Waals surface area contributed by atoms with Crippen molar-refractivity contribution in [1.29, 1.82) is 0 Å². The Morgan fingerprint density at radius 2 is 0.513 bits per heavy atom. The minimum absolute atomic E-state index is 0. The van der Waals surface area contributed by atoms with Crippen LogP contribution in [0.2, 0.25) is 0 Å². The zero-order valence-corrected chi connectivity index (χ0v) is 31.5. The molecule has 0 aliphatic heterocycles. The molecule has 0 fully saturated rings. The summed E-state index contributed by atoms with van der Waals surface area (Å²) in [5.41, 5.74) is 0. The van der Waals surface area contributed by atoms with Gasteiger partial charge in [0.25, 0.3) is 0 Å². The quantitative estimate of drug-likeness (QED) is 0.0437. The first kappa shape index (κ1) is 44.1. The van der Waals surface area contributed by atoms with Crippen molar-refractivity contribution in [3.63, 3.8) is 0 Å². The van der Waals surface area contributed by atoms with Gasteiger partial charge in [-0.15, -0.1) is 0 Å². The molecule has 0 bridgehead atoms. The van der Waals surface area contributed by atoms with Gasteiger partial charge in [-0.1, -0.05) is 207 Å². The third-order valence-corrected chi connectivity index (χ3v) is 8.59. The van der Waals surface area contributed by atoms with Crippen molar-refractivity contribution in [1.82, 2.24) is 0 Å². The minimum Gasteiger partial charge on any atom is -0.343 e. The normalized spacial score (nSPS) is 12.5. The molecular formula is C38H78Zn. The molecule has 0 aromatic carbocycles. The maximum atomic E-state index is 3.94. The van der Waals surface area contributed by atoms with E-state index < -0.39 is 0 Å². The van der Waals surface area contributed by atoms with Gasteiger partial charge >= 0.3 is 19.5 Å². The van der Waals surface area contributed by atoms with E-state index in [9.17, 15) is 0 Å². The molecule has 0 aromatic rings. The second-order valence-electron chi connectivity index (χ2n) is 12.5. The van der Waals surface area contributed by atoms with Gasteiger partial charge in [-0.25, -0.2) is 0 Å². The number of rotatable bonds is 30. The monoisotopic (exact) mass is 599 g/mol. The molecule has 0 saturated carbocycles. The van der Waals surface area contributed by atoms with Gasteiger partial charge < -0.3 is 13.8 Å². The molecule has 232 valence electrons. The summed E-state index contributed by atoms with van der Waals surface area (Å²) < 4.78 is 0. The first-order chi connectivity index (χ1) is 18.7. The van der Waals surface area contributed by atoms with Crippen LogP contribution in [-0.4, -0.2) is 0 Å². The van der Waals surface area contributed by atoms with Crippen LogP contribution in [0.5, 0.6) is 0 Å². The molecule has 0 heterocycles. The van der Waals surface area contributed by atoms with Gasteiger partial charge in [-0.05, 0) is 11.8 Å². The van der Waals surface area contributed by atoms with E-state index in [2.05, 4.69) is 41.5 Å². The van der Waals surface area contributed by atoms with Crippen LogP contribution in [0, 0.1) is 25.7 Å². The molecule has 39 heavy (non-hydrogen) atoms. The second kappa shape index (κ2) is 40.8. The predicted octanol–water partition coefficient (Wildman–Crippen LogP) is 14.7. The first-order valence-corrected chi connectivity index (χ1v) is 18.3. The van der Waals surface area contributed by atoms with E-state index in [1.165, 1.54) is 180 Å². The molecule has 0 aliphatic carbocycles. The SMILES string of the molecule is [CH2-]CCCCCC(CCCCC)CCCCCCC.[CH2-]CCCCCC(CCCCC)CCCCCCC.[Zn+2]. The average Bonchev–Trinajstić information content (AvgIpc) is 2.93. The summed E-state index contributed by atoms with van der Waals surface area (Å²) in [4.78, 5) is 0. The van der Waals surface area contributed by atoms with Crippen molar-refractivity contribution in [3.8, 4) is 0 Å². The zero-order chi connectivity index (χ0) is 28.4. The Hall–Kier alpha value is 0.623. The predicted molar refractivity (Wildman–Crippen MR) is 179 cm³/mol. The molecule has 2 atom stereocenters. The van der Waals surface area contributed by atoms with Crippen LogP contribution >= 0.6 is 0 Å². The fourth-order valence-corrected chi connectivity index (χ4v) is 5.88. The van der Waals surface area contributed by atoms with Gasteiger partial charge in [0.05, 0.1) is 0 Å². The smallest absolute Gasteiger partial charge is 0.343 e. The Morgan fingerprint density at radius 1 is 0.308 bits per heavy atom. The van der Waals surface area contributed by atoms with Crippen molar-refractivity contribution in [2.24, 2.45) is 11.8 Å². The van der Waals surface area contributed by atoms with Crippen LogP contribution in [-0.2, 0) is 19.5 Å². The Morgan fingerprint density at radius 3 is 0.769 bits per heavy atom. The summed E-state index contributed by atoms with van der Waals surface area (Å²) in [5.74, 6) is 2.05. The summed E-state index contributed by atoms with van der Waals surface area (Å²) in [6, 6.07) is 0. The van der Waals surface area contributed by atoms with E-state index in [-0.39, 0.29) is 19.5 Å². The van der Waals surface area contributed by atoms with E-state index in [0.29, 0.717) is 0 Å². The maximum absolute atomic E-state index is 3.94. The first-order valence-electron chi connectivity index (χ1n) is 18.3. The molecule has 1 heteroatoms. The average molecular weight is 600 g/mol. The van der Waals surface area contributed by atoms with Gasteiger partial charge in [0.1, 0.15) is 0 Å². The third kappa shape index (κ3) is 38.6. The Labute approximate surface area is 264 Å². The van der Waals surface area contributed by atoms with Crippen LogP contribution in [0.4, 0.5) is 0 Å². The standard InChI is InChI=1S/2C19H39.Zn/c2*1-4-7-10-12-15-18-19(16-13-9-6-3)17-14-11-8-5-2;/h2*19H,2,4-18H2,1,3H3;/q2*-1;+2. The largest absolute Gasteiger partial charge is 2.00 e. The molecule has 0 spiro atoms. The topological polar surface area (TPSA) is 0 Å². The fourth-order valence-electron chi connectivity index (χ4n) is 5.88. The van der Waals surface area contributed by atoms with Crippen LogP contribution in [0.1, 0.15) is 220 Å². The summed E-state index contributed by atoms with van der Waals surface area (Å²) in [5, 5.41) is 0. The van der Waals surface area contributed by atoms with Crippen molar-refractivity contribution < 1.29 is 19.5 Å². The van der Waals surface area contributed by atoms with Crippen LogP contribution in [0.25, 0.3) is 0 Å². The van der Waals surface area contributed by atoms with Crippen molar-refractivity contribution >= 4 is 0 Å². The molecule has 0 N–H and O–H groups in total. The second-order valence-corrected chi connectivity index (χ2v) is 12.5. The van der Waals surface area contributed by atoms with Crippen LogP contribution in [0.3, 0.4) is 0 Å². The molecule has 0 radical (unpaired) electrons. The van der Waals surface area contributed by atoms with Gasteiger partial charge in [-0.3, -0.25) is 0 Å². The fraction of sp³-hybridized carbons (Fsp3) is 0.947. The van der Waals surface area contributed by atoms with Crippen LogP contribution in [0.15, 0.2) is 0 Å². The minimum atomic E-state index is 0. The molecule has 0 nitrogen and oxygen atoms in total. The van der Waals surface area contributed by atoms with Crippen molar-refractivity contribution in [2.75, 3.05) is 0 Å². The zero-order valence-electron chi connectivity index (χ0n) is 28.5. The molecule has 0 aliphatic rings. The molecule has 0 amide bonds. The number of hydrogen-bond acceptors (Lipinski definition) is 0. The molecular weight excluding hydrogens is 522 g/mol. The summed E-state index contributed by atoms with van der Waals surface area (Å²) >= 11 is 0. The third-order valence-electron chi connectivity index (χ3n) is 8.59. The van der Waals surface area contributed by atoms with Crippen molar-refractivity contribution in [2.45, 2.75) is 220 Å². The number of unbranched alkanes of at least 4 members (excludes halogenated alkanes) is 18. The van der Waals surface area contributed by atoms with E-state index >= 15 is 0 Å². The molecule has 0 rings (SSSR count). The summed E-state index contributed by atoms with van der Waals surface area (Å²) in [6.45, 7) is 17.1. The van der Waals surface area contributed by atoms with E-state index in [0.717, 1.165) is 24.7 Å². The summed E-state index contributed by atoms with van der Waals surface area (Å²) in [7, 11) is 0. The van der Waals surface area contributed by atoms with E-state index in [1.807, 2.05) is 0 Å². The van der Waals surface area contributed by atoms with E-state index in [1.54, 1.807) is 0 Å². The van der Waals surface area contributed by atoms with Gasteiger partial charge in [0.15, 0.2) is 0 Å². The van der Waals surface area contributed by atoms with Crippen LogP contribution < -0.4 is 0 Å². The number of hydrogen-bond donors (Lipinski definition) is 0. The van der Waals surface area contributed by atoms with Gasteiger partial charge in [0, 0.05) is 0 Å². The molecule has 0 saturated heterocycles. The Balaban J connectivity index is -0.000000648.